The maximum Gasteiger partial charge on any atom is 0.245 e. The standard InChI is InChI=1S/C13H19ClN4O3/c1-19-7-9(20-2)6-18-10(4-5-14)17-11-12(18)15-8-16-13(11)21-3/h8-9H,4-7H2,1-3H3. The molecule has 0 saturated carbocycles. The number of ether oxygens (including phenoxy) is 3. The molecule has 2 heterocycles. The van der Waals surface area contributed by atoms with Gasteiger partial charge in [-0.3, -0.25) is 0 Å². The van der Waals surface area contributed by atoms with E-state index in [9.17, 15) is 0 Å². The Morgan fingerprint density at radius 3 is 2.71 bits per heavy atom. The Morgan fingerprint density at radius 1 is 1.29 bits per heavy atom. The third-order valence-corrected chi connectivity index (χ3v) is 3.35. The van der Waals surface area contributed by atoms with Crippen molar-refractivity contribution in [3.8, 4) is 5.88 Å². The van der Waals surface area contributed by atoms with Crippen molar-refractivity contribution in [2.24, 2.45) is 0 Å². The fourth-order valence-electron chi connectivity index (χ4n) is 2.16. The van der Waals surface area contributed by atoms with Crippen LogP contribution in [0.25, 0.3) is 11.2 Å². The van der Waals surface area contributed by atoms with Gasteiger partial charge in [0.25, 0.3) is 0 Å². The van der Waals surface area contributed by atoms with Crippen LogP contribution in [0.5, 0.6) is 5.88 Å². The van der Waals surface area contributed by atoms with Crippen LogP contribution in [-0.2, 0) is 22.4 Å². The van der Waals surface area contributed by atoms with Gasteiger partial charge in [0.05, 0.1) is 26.4 Å². The van der Waals surface area contributed by atoms with Gasteiger partial charge in [-0.1, -0.05) is 0 Å². The zero-order chi connectivity index (χ0) is 15.2. The molecule has 0 aromatic carbocycles. The molecule has 0 aliphatic rings. The second kappa shape index (κ2) is 7.53. The number of aryl methyl sites for hydroxylation is 1. The lowest BCUT2D eigenvalue weighted by Gasteiger charge is -2.16. The van der Waals surface area contributed by atoms with Crippen LogP contribution in [0.4, 0.5) is 0 Å². The van der Waals surface area contributed by atoms with E-state index in [1.54, 1.807) is 21.3 Å². The van der Waals surface area contributed by atoms with Crippen molar-refractivity contribution in [2.45, 2.75) is 19.1 Å². The van der Waals surface area contributed by atoms with Gasteiger partial charge in [0, 0.05) is 26.5 Å². The summed E-state index contributed by atoms with van der Waals surface area (Å²) < 4.78 is 17.8. The molecule has 0 radical (unpaired) electrons. The number of hydrogen-bond acceptors (Lipinski definition) is 6. The van der Waals surface area contributed by atoms with Crippen LogP contribution >= 0.6 is 11.6 Å². The summed E-state index contributed by atoms with van der Waals surface area (Å²) in [5.41, 5.74) is 1.34. The summed E-state index contributed by atoms with van der Waals surface area (Å²) in [6.07, 6.45) is 1.99. The third kappa shape index (κ3) is 3.42. The molecular formula is C13H19ClN4O3. The Labute approximate surface area is 128 Å². The Hall–Kier alpha value is -1.44. The molecule has 8 heteroatoms. The molecule has 0 N–H and O–H groups in total. The third-order valence-electron chi connectivity index (χ3n) is 3.16. The summed E-state index contributed by atoms with van der Waals surface area (Å²) in [6.45, 7) is 1.06. The monoisotopic (exact) mass is 314 g/mol. The lowest BCUT2D eigenvalue weighted by Crippen LogP contribution is -2.25. The lowest BCUT2D eigenvalue weighted by molar-refractivity contribution is 0.0185. The lowest BCUT2D eigenvalue weighted by atomic mass is 10.3. The van der Waals surface area contributed by atoms with Gasteiger partial charge < -0.3 is 18.8 Å². The fraction of sp³-hybridized carbons (Fsp3) is 0.615. The van der Waals surface area contributed by atoms with Gasteiger partial charge in [-0.15, -0.1) is 11.6 Å². The number of rotatable bonds is 8. The molecule has 1 atom stereocenters. The molecule has 1 unspecified atom stereocenters. The topological polar surface area (TPSA) is 71.3 Å². The van der Waals surface area contributed by atoms with Gasteiger partial charge >= 0.3 is 0 Å². The number of halogens is 1. The SMILES string of the molecule is COCC(Cn1c(CCCl)nc2c(OC)ncnc21)OC. The van der Waals surface area contributed by atoms with Crippen molar-refractivity contribution >= 4 is 22.8 Å². The van der Waals surface area contributed by atoms with Gasteiger partial charge in [-0.25, -0.2) is 9.97 Å². The van der Waals surface area contributed by atoms with E-state index in [0.29, 0.717) is 42.5 Å². The molecule has 0 spiro atoms. The summed E-state index contributed by atoms with van der Waals surface area (Å²) in [4.78, 5) is 12.9. The molecule has 0 fully saturated rings. The summed E-state index contributed by atoms with van der Waals surface area (Å²) in [5, 5.41) is 0. The molecule has 7 nitrogen and oxygen atoms in total. The van der Waals surface area contributed by atoms with Gasteiger partial charge in [0.2, 0.25) is 5.88 Å². The minimum absolute atomic E-state index is 0.0950. The Morgan fingerprint density at radius 2 is 2.10 bits per heavy atom. The summed E-state index contributed by atoms with van der Waals surface area (Å²) in [6, 6.07) is 0. The Balaban J connectivity index is 2.45. The summed E-state index contributed by atoms with van der Waals surface area (Å²) >= 11 is 5.86. The molecule has 0 aliphatic carbocycles. The highest BCUT2D eigenvalue weighted by Gasteiger charge is 2.19. The number of nitrogens with zero attached hydrogens (tertiary/aromatic N) is 4. The highest BCUT2D eigenvalue weighted by molar-refractivity contribution is 6.17. The highest BCUT2D eigenvalue weighted by Crippen LogP contribution is 2.22. The maximum atomic E-state index is 5.86. The van der Waals surface area contributed by atoms with Crippen molar-refractivity contribution in [3.63, 3.8) is 0 Å². The molecule has 0 bridgehead atoms. The molecule has 0 amide bonds. The van der Waals surface area contributed by atoms with Crippen molar-refractivity contribution in [1.82, 2.24) is 19.5 Å². The predicted octanol–water partition coefficient (Wildman–Crippen LogP) is 1.28. The van der Waals surface area contributed by atoms with E-state index in [0.717, 1.165) is 5.82 Å². The van der Waals surface area contributed by atoms with Crippen LogP contribution in [0.1, 0.15) is 5.82 Å². The largest absolute Gasteiger partial charge is 0.479 e. The molecule has 0 saturated heterocycles. The predicted molar refractivity (Wildman–Crippen MR) is 79.0 cm³/mol. The number of aromatic nitrogens is 4. The molecule has 0 aliphatic heterocycles. The number of alkyl halides is 1. The molecular weight excluding hydrogens is 296 g/mol. The van der Waals surface area contributed by atoms with Crippen molar-refractivity contribution < 1.29 is 14.2 Å². The molecule has 2 rings (SSSR count). The van der Waals surface area contributed by atoms with Gasteiger partial charge in [0.15, 0.2) is 11.2 Å². The second-order valence-electron chi connectivity index (χ2n) is 4.45. The zero-order valence-corrected chi connectivity index (χ0v) is 13.1. The number of methoxy groups -OCH3 is 3. The summed E-state index contributed by atoms with van der Waals surface area (Å²) in [7, 11) is 4.85. The van der Waals surface area contributed by atoms with E-state index in [2.05, 4.69) is 15.0 Å². The maximum absolute atomic E-state index is 5.86. The summed E-state index contributed by atoms with van der Waals surface area (Å²) in [5.74, 6) is 1.76. The zero-order valence-electron chi connectivity index (χ0n) is 12.4. The number of hydrogen-bond donors (Lipinski definition) is 0. The van der Waals surface area contributed by atoms with Gasteiger partial charge in [-0.2, -0.15) is 4.98 Å². The Bertz CT molecular complexity index is 590. The molecule has 116 valence electrons. The van der Waals surface area contributed by atoms with Gasteiger partial charge in [0.1, 0.15) is 12.2 Å². The second-order valence-corrected chi connectivity index (χ2v) is 4.82. The number of fused-ring (bicyclic) bond motifs is 1. The average molecular weight is 315 g/mol. The van der Waals surface area contributed by atoms with Crippen LogP contribution < -0.4 is 4.74 Å². The van der Waals surface area contributed by atoms with E-state index in [-0.39, 0.29) is 6.10 Å². The van der Waals surface area contributed by atoms with Gasteiger partial charge in [-0.05, 0) is 0 Å². The average Bonchev–Trinajstić information content (AvgIpc) is 2.85. The smallest absolute Gasteiger partial charge is 0.245 e. The van der Waals surface area contributed by atoms with E-state index in [1.165, 1.54) is 6.33 Å². The van der Waals surface area contributed by atoms with Crippen molar-refractivity contribution in [3.05, 3.63) is 12.2 Å². The van der Waals surface area contributed by atoms with E-state index in [1.807, 2.05) is 4.57 Å². The molecule has 2 aromatic rings. The fourth-order valence-corrected chi connectivity index (χ4v) is 2.33. The van der Waals surface area contributed by atoms with E-state index >= 15 is 0 Å². The van der Waals surface area contributed by atoms with Crippen molar-refractivity contribution in [2.75, 3.05) is 33.8 Å². The first-order chi connectivity index (χ1) is 10.2. The van der Waals surface area contributed by atoms with Crippen LogP contribution in [0, 0.1) is 0 Å². The van der Waals surface area contributed by atoms with Crippen molar-refractivity contribution in [1.29, 1.82) is 0 Å². The first-order valence-corrected chi connectivity index (χ1v) is 7.10. The van der Waals surface area contributed by atoms with Crippen LogP contribution in [0.3, 0.4) is 0 Å². The minimum Gasteiger partial charge on any atom is -0.479 e. The van der Waals surface area contributed by atoms with E-state index < -0.39 is 0 Å². The first-order valence-electron chi connectivity index (χ1n) is 6.56. The van der Waals surface area contributed by atoms with Crippen LogP contribution in [0.15, 0.2) is 6.33 Å². The molecule has 21 heavy (non-hydrogen) atoms. The number of imidazole rings is 1. The van der Waals surface area contributed by atoms with Crippen LogP contribution in [-0.4, -0.2) is 59.4 Å². The van der Waals surface area contributed by atoms with Crippen LogP contribution in [0.2, 0.25) is 0 Å². The first kappa shape index (κ1) is 15.9. The van der Waals surface area contributed by atoms with E-state index in [4.69, 9.17) is 25.8 Å². The normalized spacial score (nSPS) is 12.8. The Kier molecular flexibility index (Phi) is 5.72. The molecule has 2 aromatic heterocycles. The minimum atomic E-state index is -0.0950. The highest BCUT2D eigenvalue weighted by atomic mass is 35.5. The quantitative estimate of drug-likeness (QED) is 0.684.